The smallest absolute Gasteiger partial charge is 0.326 e. The van der Waals surface area contributed by atoms with E-state index >= 15 is 0 Å². The van der Waals surface area contributed by atoms with Gasteiger partial charge in [-0.3, -0.25) is 14.5 Å². The van der Waals surface area contributed by atoms with Gasteiger partial charge >= 0.3 is 6.03 Å². The molecule has 0 unspecified atom stereocenters. The Bertz CT molecular complexity index is 1170. The molecule has 1 heterocycles. The summed E-state index contributed by atoms with van der Waals surface area (Å²) < 4.78 is 5.10. The normalized spacial score (nSPS) is 15.5. The number of amides is 4. The van der Waals surface area contributed by atoms with Gasteiger partial charge in [0.1, 0.15) is 12.3 Å². The number of hydrogen-bond acceptors (Lipinski definition) is 4. The second kappa shape index (κ2) is 6.98. The van der Waals surface area contributed by atoms with Crippen molar-refractivity contribution >= 4 is 23.5 Å². The average Bonchev–Trinajstić information content (AvgIpc) is 3.22. The van der Waals surface area contributed by atoms with E-state index in [1.807, 2.05) is 48.5 Å². The van der Waals surface area contributed by atoms with Crippen molar-refractivity contribution in [1.82, 2.24) is 10.2 Å². The van der Waals surface area contributed by atoms with Crippen LogP contribution in [0, 0.1) is 0 Å². The predicted octanol–water partition coefficient (Wildman–Crippen LogP) is 3.11. The molecule has 0 aromatic heterocycles. The highest BCUT2D eigenvalue weighted by molar-refractivity contribution is 6.15. The van der Waals surface area contributed by atoms with E-state index in [-0.39, 0.29) is 6.54 Å². The summed E-state index contributed by atoms with van der Waals surface area (Å²) >= 11 is 0. The quantitative estimate of drug-likeness (QED) is 0.644. The molecule has 0 atom stereocenters. The van der Waals surface area contributed by atoms with Crippen LogP contribution in [0.15, 0.2) is 72.8 Å². The summed E-state index contributed by atoms with van der Waals surface area (Å²) in [6.07, 6.45) is 0. The van der Waals surface area contributed by atoms with Gasteiger partial charge in [-0.1, -0.05) is 48.5 Å². The van der Waals surface area contributed by atoms with Gasteiger partial charge in [0.2, 0.25) is 5.91 Å². The van der Waals surface area contributed by atoms with E-state index in [1.54, 1.807) is 31.4 Å². The lowest BCUT2D eigenvalue weighted by Gasteiger charge is -2.24. The number of urea groups is 1. The molecular weight excluding hydrogens is 394 g/mol. The Kier molecular flexibility index (Phi) is 4.25. The first-order valence-electron chi connectivity index (χ1n) is 9.82. The van der Waals surface area contributed by atoms with Crippen molar-refractivity contribution < 1.29 is 19.1 Å². The second-order valence-electron chi connectivity index (χ2n) is 7.44. The largest absolute Gasteiger partial charge is 0.497 e. The summed E-state index contributed by atoms with van der Waals surface area (Å²) in [6.45, 7) is -0.386. The third-order valence-electron chi connectivity index (χ3n) is 5.73. The number of rotatable bonds is 4. The predicted molar refractivity (Wildman–Crippen MR) is 115 cm³/mol. The highest BCUT2D eigenvalue weighted by Crippen LogP contribution is 2.49. The van der Waals surface area contributed by atoms with Crippen molar-refractivity contribution in [2.75, 3.05) is 19.0 Å². The van der Waals surface area contributed by atoms with E-state index in [9.17, 15) is 14.4 Å². The standard InChI is InChI=1S/C24H19N3O4/c1-31-16-12-10-15(11-13-16)25-21(28)14-27-22(29)24(26-23(27)30)19-8-4-2-6-17(19)18-7-3-5-9-20(18)24/h2-13H,14H2,1H3,(H,25,28)(H,26,30). The summed E-state index contributed by atoms with van der Waals surface area (Å²) in [5, 5.41) is 5.58. The van der Waals surface area contributed by atoms with E-state index < -0.39 is 23.4 Å². The summed E-state index contributed by atoms with van der Waals surface area (Å²) in [7, 11) is 1.56. The van der Waals surface area contributed by atoms with Crippen molar-refractivity contribution in [3.8, 4) is 16.9 Å². The van der Waals surface area contributed by atoms with Gasteiger partial charge in [0.15, 0.2) is 5.54 Å². The van der Waals surface area contributed by atoms with Crippen LogP contribution in [0.2, 0.25) is 0 Å². The number of carbonyl (C=O) groups excluding carboxylic acids is 3. The molecule has 7 heteroatoms. The molecule has 1 fully saturated rings. The van der Waals surface area contributed by atoms with E-state index in [2.05, 4.69) is 10.6 Å². The summed E-state index contributed by atoms with van der Waals surface area (Å²) in [5.74, 6) is -0.266. The molecule has 2 aliphatic rings. The molecule has 154 valence electrons. The number of benzene rings is 3. The summed E-state index contributed by atoms with van der Waals surface area (Å²) in [5.41, 5.74) is 2.46. The Morgan fingerprint density at radius 3 is 2.10 bits per heavy atom. The molecule has 2 N–H and O–H groups in total. The Hall–Kier alpha value is -4.13. The van der Waals surface area contributed by atoms with Crippen LogP contribution in [-0.2, 0) is 15.1 Å². The van der Waals surface area contributed by atoms with Crippen molar-refractivity contribution in [3.05, 3.63) is 83.9 Å². The van der Waals surface area contributed by atoms with E-state index in [0.717, 1.165) is 16.0 Å². The van der Waals surface area contributed by atoms with Gasteiger partial charge in [0.25, 0.3) is 5.91 Å². The maximum Gasteiger partial charge on any atom is 0.326 e. The lowest BCUT2D eigenvalue weighted by molar-refractivity contribution is -0.132. The number of ether oxygens (including phenoxy) is 1. The molecule has 1 aliphatic carbocycles. The van der Waals surface area contributed by atoms with Crippen LogP contribution in [0.25, 0.3) is 11.1 Å². The van der Waals surface area contributed by atoms with Gasteiger partial charge in [0, 0.05) is 5.69 Å². The number of fused-ring (bicyclic) bond motifs is 5. The first kappa shape index (κ1) is 18.9. The molecule has 0 bridgehead atoms. The number of methoxy groups -OCH3 is 1. The van der Waals surface area contributed by atoms with Crippen LogP contribution >= 0.6 is 0 Å². The lowest BCUT2D eigenvalue weighted by Crippen LogP contribution is -2.44. The monoisotopic (exact) mass is 413 g/mol. The molecule has 0 radical (unpaired) electrons. The molecule has 3 aromatic carbocycles. The number of imide groups is 1. The lowest BCUT2D eigenvalue weighted by atomic mass is 9.87. The van der Waals surface area contributed by atoms with Gasteiger partial charge in [-0.05, 0) is 46.5 Å². The minimum Gasteiger partial charge on any atom is -0.497 e. The van der Waals surface area contributed by atoms with Crippen LogP contribution in [-0.4, -0.2) is 36.4 Å². The first-order valence-corrected chi connectivity index (χ1v) is 9.82. The van der Waals surface area contributed by atoms with Crippen LogP contribution in [0.1, 0.15) is 11.1 Å². The summed E-state index contributed by atoms with van der Waals surface area (Å²) in [6, 6.07) is 21.2. The Labute approximate surface area is 178 Å². The maximum atomic E-state index is 13.6. The number of carbonyl (C=O) groups is 3. The topological polar surface area (TPSA) is 87.7 Å². The number of anilines is 1. The van der Waals surface area contributed by atoms with Crippen molar-refractivity contribution in [1.29, 1.82) is 0 Å². The zero-order valence-corrected chi connectivity index (χ0v) is 16.7. The highest BCUT2D eigenvalue weighted by atomic mass is 16.5. The van der Waals surface area contributed by atoms with Gasteiger partial charge < -0.3 is 15.4 Å². The number of nitrogens with zero attached hydrogens (tertiary/aromatic N) is 1. The average molecular weight is 413 g/mol. The van der Waals surface area contributed by atoms with Crippen molar-refractivity contribution in [3.63, 3.8) is 0 Å². The number of hydrogen-bond donors (Lipinski definition) is 2. The molecule has 0 saturated carbocycles. The van der Waals surface area contributed by atoms with E-state index in [0.29, 0.717) is 22.6 Å². The zero-order chi connectivity index (χ0) is 21.6. The van der Waals surface area contributed by atoms with Crippen LogP contribution in [0.5, 0.6) is 5.75 Å². The maximum absolute atomic E-state index is 13.6. The molecule has 1 aliphatic heterocycles. The fourth-order valence-corrected chi connectivity index (χ4v) is 4.34. The molecule has 1 spiro atoms. The Morgan fingerprint density at radius 2 is 1.52 bits per heavy atom. The van der Waals surface area contributed by atoms with E-state index in [1.165, 1.54) is 0 Å². The molecule has 4 amide bonds. The van der Waals surface area contributed by atoms with Gasteiger partial charge in [-0.25, -0.2) is 4.79 Å². The van der Waals surface area contributed by atoms with E-state index in [4.69, 9.17) is 4.74 Å². The van der Waals surface area contributed by atoms with Crippen molar-refractivity contribution in [2.24, 2.45) is 0 Å². The SMILES string of the molecule is COc1ccc(NC(=O)CN2C(=O)NC3(C2=O)c2ccccc2-c2ccccc23)cc1. The number of nitrogens with one attached hydrogen (secondary N) is 2. The van der Waals surface area contributed by atoms with Gasteiger partial charge in [0.05, 0.1) is 7.11 Å². The fraction of sp³-hybridized carbons (Fsp3) is 0.125. The highest BCUT2D eigenvalue weighted by Gasteiger charge is 2.58. The molecule has 3 aromatic rings. The van der Waals surface area contributed by atoms with Gasteiger partial charge in [-0.2, -0.15) is 0 Å². The molecule has 5 rings (SSSR count). The third kappa shape index (κ3) is 2.78. The Balaban J connectivity index is 1.44. The van der Waals surface area contributed by atoms with Crippen molar-refractivity contribution in [2.45, 2.75) is 5.54 Å². The molecule has 1 saturated heterocycles. The van der Waals surface area contributed by atoms with Gasteiger partial charge in [-0.15, -0.1) is 0 Å². The first-order chi connectivity index (χ1) is 15.0. The van der Waals surface area contributed by atoms with Crippen LogP contribution in [0.4, 0.5) is 10.5 Å². The summed E-state index contributed by atoms with van der Waals surface area (Å²) in [4.78, 5) is 40.0. The minimum atomic E-state index is -1.31. The third-order valence-corrected chi connectivity index (χ3v) is 5.73. The van der Waals surface area contributed by atoms with Crippen LogP contribution in [0.3, 0.4) is 0 Å². The Morgan fingerprint density at radius 1 is 0.935 bits per heavy atom. The second-order valence-corrected chi connectivity index (χ2v) is 7.44. The fourth-order valence-electron chi connectivity index (χ4n) is 4.34. The molecule has 7 nitrogen and oxygen atoms in total. The molecular formula is C24H19N3O4. The molecule has 31 heavy (non-hydrogen) atoms. The minimum absolute atomic E-state index is 0.386. The zero-order valence-electron chi connectivity index (χ0n) is 16.7. The van der Waals surface area contributed by atoms with Crippen LogP contribution < -0.4 is 15.4 Å².